The van der Waals surface area contributed by atoms with Crippen LogP contribution in [0.2, 0.25) is 0 Å². The van der Waals surface area contributed by atoms with Crippen LogP contribution < -0.4 is 4.74 Å². The average molecular weight is 257 g/mol. The van der Waals surface area contributed by atoms with E-state index in [0.29, 0.717) is 11.4 Å². The lowest BCUT2D eigenvalue weighted by Gasteiger charge is -2.06. The van der Waals surface area contributed by atoms with Crippen LogP contribution in [-0.4, -0.2) is 22.7 Å². The molecule has 0 atom stereocenters. The summed E-state index contributed by atoms with van der Waals surface area (Å²) in [4.78, 5) is 3.88. The highest BCUT2D eigenvalue weighted by molar-refractivity contribution is 5.65. The van der Waals surface area contributed by atoms with E-state index in [0.717, 1.165) is 12.0 Å². The molecule has 0 heterocycles. The Bertz CT molecular complexity index is 545. The predicted molar refractivity (Wildman–Crippen MR) is 74.1 cm³/mol. The van der Waals surface area contributed by atoms with Crippen LogP contribution in [0.25, 0.3) is 0 Å². The summed E-state index contributed by atoms with van der Waals surface area (Å²) >= 11 is 0. The quantitative estimate of drug-likeness (QED) is 0.654. The molecule has 19 heavy (non-hydrogen) atoms. The van der Waals surface area contributed by atoms with Crippen molar-refractivity contribution < 1.29 is 14.9 Å². The fourth-order valence-corrected chi connectivity index (χ4v) is 1.50. The lowest BCUT2D eigenvalue weighted by atomic mass is 10.2. The Balaban J connectivity index is 2.04. The Morgan fingerprint density at radius 3 is 2.00 bits per heavy atom. The number of ether oxygens (including phenoxy) is 1. The molecule has 0 unspecified atom stereocenters. The lowest BCUT2D eigenvalue weighted by Crippen LogP contribution is -2.04. The van der Waals surface area contributed by atoms with Crippen molar-refractivity contribution in [1.29, 1.82) is 0 Å². The Kier molecular flexibility index (Phi) is 4.28. The van der Waals surface area contributed by atoms with Crippen LogP contribution in [0.15, 0.2) is 53.5 Å². The molecule has 4 heteroatoms. The molecule has 2 aromatic carbocycles. The van der Waals surface area contributed by atoms with Gasteiger partial charge in [0, 0.05) is 0 Å². The zero-order valence-electron chi connectivity index (χ0n) is 10.5. The van der Waals surface area contributed by atoms with Gasteiger partial charge in [-0.2, -0.15) is 0 Å². The number of hydrogen-bond donors (Lipinski definition) is 2. The van der Waals surface area contributed by atoms with Crippen LogP contribution in [0, 0.1) is 6.92 Å². The van der Waals surface area contributed by atoms with Crippen molar-refractivity contribution in [2.45, 2.75) is 13.2 Å². The molecule has 0 amide bonds. The molecule has 0 fully saturated rings. The summed E-state index contributed by atoms with van der Waals surface area (Å²) in [6, 6.07) is 14.8. The number of aliphatic imine (C=N–C) groups is 1. The molecule has 0 saturated carbocycles. The molecule has 0 radical (unpaired) electrons. The highest BCUT2D eigenvalue weighted by Gasteiger charge is 1.97. The van der Waals surface area contributed by atoms with Crippen LogP contribution in [-0.2, 0) is 0 Å². The third-order valence-corrected chi connectivity index (χ3v) is 2.45. The lowest BCUT2D eigenvalue weighted by molar-refractivity contribution is 0.0239. The van der Waals surface area contributed by atoms with E-state index in [1.807, 2.05) is 31.2 Å². The number of hydrogen-bond acceptors (Lipinski definition) is 4. The van der Waals surface area contributed by atoms with E-state index in [4.69, 9.17) is 14.9 Å². The maximum atomic E-state index is 8.67. The summed E-state index contributed by atoms with van der Waals surface area (Å²) in [7, 11) is 0. The topological polar surface area (TPSA) is 62.0 Å². The monoisotopic (exact) mass is 257 g/mol. The zero-order chi connectivity index (χ0) is 13.7. The third kappa shape index (κ3) is 4.21. The van der Waals surface area contributed by atoms with Gasteiger partial charge in [-0.3, -0.25) is 4.99 Å². The molecule has 0 bridgehead atoms. The van der Waals surface area contributed by atoms with Crippen LogP contribution in [0.3, 0.4) is 0 Å². The first kappa shape index (κ1) is 13.3. The molecule has 0 aliphatic carbocycles. The molecule has 98 valence electrons. The van der Waals surface area contributed by atoms with Crippen molar-refractivity contribution >= 4 is 11.9 Å². The summed E-state index contributed by atoms with van der Waals surface area (Å²) in [6.07, 6.45) is -0.487. The summed E-state index contributed by atoms with van der Waals surface area (Å²) in [5.41, 5.74) is 1.81. The van der Waals surface area contributed by atoms with Gasteiger partial charge in [-0.15, -0.1) is 0 Å². The molecular weight excluding hydrogens is 242 g/mol. The van der Waals surface area contributed by atoms with Gasteiger partial charge in [0.15, 0.2) is 6.29 Å². The van der Waals surface area contributed by atoms with Crippen LogP contribution in [0.4, 0.5) is 5.69 Å². The molecule has 0 aliphatic rings. The first-order valence-corrected chi connectivity index (χ1v) is 5.88. The number of aryl methyl sites for hydroxylation is 1. The fraction of sp³-hybridized carbons (Fsp3) is 0.133. The van der Waals surface area contributed by atoms with Crippen LogP contribution in [0.5, 0.6) is 11.5 Å². The Hall–Kier alpha value is -2.17. The molecule has 0 spiro atoms. The molecule has 0 aliphatic heterocycles. The minimum Gasteiger partial charge on any atom is -0.457 e. The van der Waals surface area contributed by atoms with Gasteiger partial charge >= 0.3 is 0 Å². The van der Waals surface area contributed by atoms with E-state index in [1.165, 1.54) is 5.56 Å². The largest absolute Gasteiger partial charge is 0.457 e. The van der Waals surface area contributed by atoms with Gasteiger partial charge in [0.1, 0.15) is 11.5 Å². The maximum absolute atomic E-state index is 8.67. The molecular formula is C15H15NO3. The van der Waals surface area contributed by atoms with Gasteiger partial charge in [0.25, 0.3) is 0 Å². The van der Waals surface area contributed by atoms with Crippen LogP contribution >= 0.6 is 0 Å². The highest BCUT2D eigenvalue weighted by atomic mass is 16.5. The Morgan fingerprint density at radius 2 is 1.47 bits per heavy atom. The number of aliphatic hydroxyl groups is 2. The van der Waals surface area contributed by atoms with Crippen molar-refractivity contribution in [3.63, 3.8) is 0 Å². The van der Waals surface area contributed by atoms with Gasteiger partial charge in [-0.05, 0) is 43.3 Å². The van der Waals surface area contributed by atoms with Gasteiger partial charge in [0.05, 0.1) is 11.9 Å². The maximum Gasteiger partial charge on any atom is 0.189 e. The Morgan fingerprint density at radius 1 is 0.947 bits per heavy atom. The molecule has 2 N–H and O–H groups in total. The number of aliphatic hydroxyl groups excluding tert-OH is 1. The van der Waals surface area contributed by atoms with Crippen molar-refractivity contribution in [2.24, 2.45) is 4.99 Å². The van der Waals surface area contributed by atoms with E-state index in [2.05, 4.69) is 4.99 Å². The van der Waals surface area contributed by atoms with Gasteiger partial charge in [-0.25, -0.2) is 0 Å². The number of nitrogens with zero attached hydrogens (tertiary/aromatic N) is 1. The SMILES string of the molecule is Cc1ccc(Oc2ccc(N=CC(O)O)cc2)cc1. The average Bonchev–Trinajstić information content (AvgIpc) is 2.40. The summed E-state index contributed by atoms with van der Waals surface area (Å²) in [5, 5.41) is 17.3. The zero-order valence-corrected chi connectivity index (χ0v) is 10.5. The van der Waals surface area contributed by atoms with Gasteiger partial charge < -0.3 is 14.9 Å². The van der Waals surface area contributed by atoms with E-state index >= 15 is 0 Å². The smallest absolute Gasteiger partial charge is 0.189 e. The second kappa shape index (κ2) is 6.13. The first-order chi connectivity index (χ1) is 9.13. The molecule has 2 rings (SSSR count). The van der Waals surface area contributed by atoms with Crippen molar-refractivity contribution in [1.82, 2.24) is 0 Å². The summed E-state index contributed by atoms with van der Waals surface area (Å²) in [5.74, 6) is 1.47. The normalized spacial score (nSPS) is 11.2. The summed E-state index contributed by atoms with van der Waals surface area (Å²) < 4.78 is 5.66. The number of benzene rings is 2. The van der Waals surface area contributed by atoms with E-state index in [1.54, 1.807) is 24.3 Å². The standard InChI is InChI=1S/C15H15NO3/c1-11-2-6-13(7-3-11)19-14-8-4-12(5-9-14)16-10-15(17)18/h2-10,15,17-18H,1H3. The Labute approximate surface area is 111 Å². The molecule has 4 nitrogen and oxygen atoms in total. The molecule has 0 saturated heterocycles. The summed E-state index contributed by atoms with van der Waals surface area (Å²) in [6.45, 7) is 2.02. The minimum atomic E-state index is -1.54. The molecule has 0 aromatic heterocycles. The van der Waals surface area contributed by atoms with Gasteiger partial charge in [-0.1, -0.05) is 17.7 Å². The number of rotatable bonds is 4. The van der Waals surface area contributed by atoms with E-state index < -0.39 is 6.29 Å². The van der Waals surface area contributed by atoms with Crippen LogP contribution in [0.1, 0.15) is 5.56 Å². The second-order valence-corrected chi connectivity index (χ2v) is 4.10. The van der Waals surface area contributed by atoms with E-state index in [-0.39, 0.29) is 0 Å². The first-order valence-electron chi connectivity index (χ1n) is 5.88. The highest BCUT2D eigenvalue weighted by Crippen LogP contribution is 2.24. The van der Waals surface area contributed by atoms with Crippen molar-refractivity contribution in [2.75, 3.05) is 0 Å². The van der Waals surface area contributed by atoms with Crippen molar-refractivity contribution in [3.8, 4) is 11.5 Å². The van der Waals surface area contributed by atoms with E-state index in [9.17, 15) is 0 Å². The van der Waals surface area contributed by atoms with Gasteiger partial charge in [0.2, 0.25) is 0 Å². The third-order valence-electron chi connectivity index (χ3n) is 2.45. The fourth-order valence-electron chi connectivity index (χ4n) is 1.50. The predicted octanol–water partition coefficient (Wildman–Crippen LogP) is 2.80. The second-order valence-electron chi connectivity index (χ2n) is 4.10. The minimum absolute atomic E-state index is 0.629. The van der Waals surface area contributed by atoms with Crippen molar-refractivity contribution in [3.05, 3.63) is 54.1 Å². The molecule has 2 aromatic rings.